The van der Waals surface area contributed by atoms with Crippen molar-refractivity contribution in [2.24, 2.45) is 0 Å². The molecular formula is C40H40N6O2. The molecule has 4 aromatic carbocycles. The third-order valence-electron chi connectivity index (χ3n) is 8.79. The van der Waals surface area contributed by atoms with Crippen LogP contribution in [0.25, 0.3) is 38.7 Å². The summed E-state index contributed by atoms with van der Waals surface area (Å²) in [6, 6.07) is 35.0. The van der Waals surface area contributed by atoms with Gasteiger partial charge in [0, 0.05) is 46.9 Å². The van der Waals surface area contributed by atoms with Crippen LogP contribution in [0.4, 0.5) is 22.0 Å². The number of fused-ring (bicyclic) bond motifs is 1. The van der Waals surface area contributed by atoms with Gasteiger partial charge in [0.25, 0.3) is 0 Å². The van der Waals surface area contributed by atoms with Crippen LogP contribution in [0.15, 0.2) is 109 Å². The Bertz CT molecular complexity index is 2070. The maximum absolute atomic E-state index is 13.5. The number of aromatic nitrogens is 3. The normalized spacial score (nSPS) is 13.5. The topological polar surface area (TPSA) is 84.3 Å². The molecule has 0 radical (unpaired) electrons. The first-order chi connectivity index (χ1) is 23.2. The summed E-state index contributed by atoms with van der Waals surface area (Å²) in [5, 5.41) is 13.0. The first-order valence-electron chi connectivity index (χ1n) is 16.4. The molecule has 3 heterocycles. The van der Waals surface area contributed by atoms with Gasteiger partial charge in [0.05, 0.1) is 36.5 Å². The van der Waals surface area contributed by atoms with E-state index in [4.69, 9.17) is 9.84 Å². The van der Waals surface area contributed by atoms with E-state index in [1.807, 2.05) is 49.4 Å². The number of carbonyl (C=O) groups excluding carboxylic acids is 1. The minimum Gasteiger partial charge on any atom is -0.378 e. The minimum atomic E-state index is -0.349. The predicted molar refractivity (Wildman–Crippen MR) is 195 cm³/mol. The van der Waals surface area contributed by atoms with Gasteiger partial charge in [-0.2, -0.15) is 5.10 Å². The van der Waals surface area contributed by atoms with Crippen molar-refractivity contribution >= 4 is 34.0 Å². The largest absolute Gasteiger partial charge is 0.378 e. The molecular weight excluding hydrogens is 596 g/mol. The Hall–Kier alpha value is -5.47. The van der Waals surface area contributed by atoms with Gasteiger partial charge in [-0.05, 0) is 53.3 Å². The number of aryl methyl sites for hydroxylation is 1. The molecule has 242 valence electrons. The number of rotatable bonds is 6. The third-order valence-corrected chi connectivity index (χ3v) is 8.79. The summed E-state index contributed by atoms with van der Waals surface area (Å²) in [5.41, 5.74) is 8.92. The molecule has 2 aromatic heterocycles. The molecule has 1 saturated heterocycles. The van der Waals surface area contributed by atoms with E-state index in [9.17, 15) is 4.79 Å². The molecule has 8 heteroatoms. The number of hydrogen-bond donors (Lipinski definition) is 2. The van der Waals surface area contributed by atoms with E-state index in [0.717, 1.165) is 71.0 Å². The smallest absolute Gasteiger partial charge is 0.324 e. The second-order valence-electron chi connectivity index (χ2n) is 13.2. The maximum Gasteiger partial charge on any atom is 0.324 e. The van der Waals surface area contributed by atoms with Crippen LogP contribution in [0.2, 0.25) is 0 Å². The summed E-state index contributed by atoms with van der Waals surface area (Å²) in [7, 11) is 0. The lowest BCUT2D eigenvalue weighted by Crippen LogP contribution is -2.36. The van der Waals surface area contributed by atoms with E-state index >= 15 is 0 Å². The molecule has 0 aliphatic carbocycles. The Balaban J connectivity index is 1.15. The van der Waals surface area contributed by atoms with Gasteiger partial charge in [-0.3, -0.25) is 10.3 Å². The number of carbonyl (C=O) groups is 1. The van der Waals surface area contributed by atoms with Crippen molar-refractivity contribution in [3.05, 3.63) is 121 Å². The SMILES string of the molecule is Cc1ccc(-n2nc(C(C)(C)C)cc2NC(=O)Nc2ccc(-c3ccc(-c4ccccc4N4CCOCC4)cc3)c3ccccc23)cn1. The number of amides is 2. The summed E-state index contributed by atoms with van der Waals surface area (Å²) >= 11 is 0. The highest BCUT2D eigenvalue weighted by atomic mass is 16.5. The monoisotopic (exact) mass is 636 g/mol. The Morgan fingerprint density at radius 2 is 1.46 bits per heavy atom. The lowest BCUT2D eigenvalue weighted by Gasteiger charge is -2.30. The lowest BCUT2D eigenvalue weighted by molar-refractivity contribution is 0.123. The van der Waals surface area contributed by atoms with Crippen LogP contribution >= 0.6 is 0 Å². The molecule has 1 fully saturated rings. The number of pyridine rings is 1. The highest BCUT2D eigenvalue weighted by molar-refractivity contribution is 6.09. The van der Waals surface area contributed by atoms with Crippen LogP contribution in [-0.4, -0.2) is 47.1 Å². The van der Waals surface area contributed by atoms with Gasteiger partial charge in [0.15, 0.2) is 0 Å². The Kier molecular flexibility index (Phi) is 8.41. The quantitative estimate of drug-likeness (QED) is 0.191. The van der Waals surface area contributed by atoms with Crippen molar-refractivity contribution in [2.75, 3.05) is 41.8 Å². The molecule has 1 aliphatic rings. The van der Waals surface area contributed by atoms with E-state index in [-0.39, 0.29) is 11.4 Å². The van der Waals surface area contributed by atoms with Crippen molar-refractivity contribution in [2.45, 2.75) is 33.1 Å². The summed E-state index contributed by atoms with van der Waals surface area (Å²) in [4.78, 5) is 20.3. The minimum absolute atomic E-state index is 0.202. The molecule has 48 heavy (non-hydrogen) atoms. The van der Waals surface area contributed by atoms with E-state index in [2.05, 4.69) is 102 Å². The summed E-state index contributed by atoms with van der Waals surface area (Å²) in [5.74, 6) is 0.569. The van der Waals surface area contributed by atoms with Crippen LogP contribution in [-0.2, 0) is 10.2 Å². The van der Waals surface area contributed by atoms with E-state index in [1.54, 1.807) is 10.9 Å². The number of ether oxygens (including phenoxy) is 1. The zero-order valence-corrected chi connectivity index (χ0v) is 27.8. The second kappa shape index (κ2) is 13.0. The van der Waals surface area contributed by atoms with Crippen molar-refractivity contribution in [3.8, 4) is 27.9 Å². The number of hydrogen-bond acceptors (Lipinski definition) is 5. The fraction of sp³-hybridized carbons (Fsp3) is 0.225. The van der Waals surface area contributed by atoms with E-state index < -0.39 is 0 Å². The first kappa shape index (κ1) is 31.1. The molecule has 7 rings (SSSR count). The van der Waals surface area contributed by atoms with Crippen LogP contribution in [0.1, 0.15) is 32.2 Å². The Morgan fingerprint density at radius 1 is 0.771 bits per heavy atom. The van der Waals surface area contributed by atoms with E-state index in [1.165, 1.54) is 16.8 Å². The fourth-order valence-electron chi connectivity index (χ4n) is 6.18. The maximum atomic E-state index is 13.5. The number of nitrogens with zero attached hydrogens (tertiary/aromatic N) is 4. The number of para-hydroxylation sites is 1. The molecule has 6 aromatic rings. The molecule has 0 saturated carbocycles. The van der Waals surface area contributed by atoms with Crippen LogP contribution in [0, 0.1) is 6.92 Å². The van der Waals surface area contributed by atoms with Gasteiger partial charge in [-0.1, -0.05) is 93.6 Å². The van der Waals surface area contributed by atoms with Crippen molar-refractivity contribution in [3.63, 3.8) is 0 Å². The molecule has 1 aliphatic heterocycles. The third kappa shape index (κ3) is 6.39. The van der Waals surface area contributed by atoms with Crippen LogP contribution in [0.3, 0.4) is 0 Å². The highest BCUT2D eigenvalue weighted by Gasteiger charge is 2.22. The zero-order valence-electron chi connectivity index (χ0n) is 27.8. The van der Waals surface area contributed by atoms with Crippen molar-refractivity contribution in [1.29, 1.82) is 0 Å². The summed E-state index contributed by atoms with van der Waals surface area (Å²) in [6.07, 6.45) is 1.76. The number of nitrogens with one attached hydrogen (secondary N) is 2. The van der Waals surface area contributed by atoms with Gasteiger partial charge < -0.3 is 15.0 Å². The molecule has 0 spiro atoms. The second-order valence-corrected chi connectivity index (χ2v) is 13.2. The molecule has 2 amide bonds. The highest BCUT2D eigenvalue weighted by Crippen LogP contribution is 2.36. The number of urea groups is 1. The number of benzene rings is 4. The van der Waals surface area contributed by atoms with Gasteiger partial charge in [0.2, 0.25) is 0 Å². The van der Waals surface area contributed by atoms with Gasteiger partial charge in [-0.15, -0.1) is 0 Å². The molecule has 0 unspecified atom stereocenters. The number of morpholine rings is 1. The number of anilines is 3. The average molecular weight is 637 g/mol. The van der Waals surface area contributed by atoms with Gasteiger partial charge in [0.1, 0.15) is 5.82 Å². The molecule has 2 N–H and O–H groups in total. The fourth-order valence-corrected chi connectivity index (χ4v) is 6.18. The Labute approximate surface area is 281 Å². The average Bonchev–Trinajstić information content (AvgIpc) is 3.53. The molecule has 0 atom stereocenters. The van der Waals surface area contributed by atoms with Crippen LogP contribution < -0.4 is 15.5 Å². The summed E-state index contributed by atoms with van der Waals surface area (Å²) < 4.78 is 7.32. The van der Waals surface area contributed by atoms with Crippen molar-refractivity contribution < 1.29 is 9.53 Å². The first-order valence-corrected chi connectivity index (χ1v) is 16.4. The van der Waals surface area contributed by atoms with Crippen LogP contribution in [0.5, 0.6) is 0 Å². The molecule has 0 bridgehead atoms. The van der Waals surface area contributed by atoms with Gasteiger partial charge in [-0.25, -0.2) is 9.48 Å². The zero-order chi connectivity index (χ0) is 33.3. The van der Waals surface area contributed by atoms with E-state index in [0.29, 0.717) is 5.82 Å². The lowest BCUT2D eigenvalue weighted by atomic mass is 9.92. The standard InChI is InChI=1S/C40H40N6O2/c1-27-13-18-30(26-41-27)46-38(25-37(44-46)40(2,3)4)43-39(47)42-35-20-19-31(33-10-5-6-11-34(33)35)28-14-16-29(17-15-28)32-9-7-8-12-36(32)45-21-23-48-24-22-45/h5-20,25-26H,21-24H2,1-4H3,(H2,42,43,47). The molecule has 8 nitrogen and oxygen atoms in total. The van der Waals surface area contributed by atoms with Crippen molar-refractivity contribution in [1.82, 2.24) is 14.8 Å². The Morgan fingerprint density at radius 3 is 2.17 bits per heavy atom. The summed E-state index contributed by atoms with van der Waals surface area (Å²) in [6.45, 7) is 11.5. The van der Waals surface area contributed by atoms with Gasteiger partial charge >= 0.3 is 6.03 Å². The predicted octanol–water partition coefficient (Wildman–Crippen LogP) is 8.84.